The first-order chi connectivity index (χ1) is 9.20. The van der Waals surface area contributed by atoms with Crippen LogP contribution in [0.25, 0.3) is 11.0 Å². The Kier molecular flexibility index (Phi) is 3.08. The van der Waals surface area contributed by atoms with E-state index in [9.17, 15) is 9.59 Å². The molecule has 1 saturated carbocycles. The van der Waals surface area contributed by atoms with E-state index in [1.165, 1.54) is 0 Å². The number of imidazole rings is 1. The zero-order valence-corrected chi connectivity index (χ0v) is 10.4. The quantitative estimate of drug-likeness (QED) is 0.690. The number of fused-ring (bicyclic) bond motifs is 1. The number of nitrogens with one attached hydrogen (secondary N) is 3. The molecule has 3 N–H and O–H groups in total. The van der Waals surface area contributed by atoms with Gasteiger partial charge in [-0.2, -0.15) is 0 Å². The average Bonchev–Trinajstić information content (AvgIpc) is 3.14. The van der Waals surface area contributed by atoms with Gasteiger partial charge in [0.05, 0.1) is 17.6 Å². The number of hydrogen-bond acceptors (Lipinski definition) is 4. The number of carbonyl (C=O) groups excluding carboxylic acids is 1. The van der Waals surface area contributed by atoms with Gasteiger partial charge in [0.25, 0.3) is 0 Å². The third-order valence-electron chi connectivity index (χ3n) is 3.09. The first-order valence-electron chi connectivity index (χ1n) is 6.30. The Morgan fingerprint density at radius 1 is 1.32 bits per heavy atom. The van der Waals surface area contributed by atoms with Crippen LogP contribution in [-0.2, 0) is 16.1 Å². The molecule has 1 aliphatic carbocycles. The number of benzene rings is 1. The fraction of sp³-hybridized carbons (Fsp3) is 0.385. The SMILES string of the molecule is O=C(CNC1CC1)OCc1ccc2[nH]c(=O)[nH]c2c1. The van der Waals surface area contributed by atoms with Crippen LogP contribution >= 0.6 is 0 Å². The number of rotatable bonds is 5. The lowest BCUT2D eigenvalue weighted by molar-refractivity contribution is -0.143. The van der Waals surface area contributed by atoms with Gasteiger partial charge in [0, 0.05) is 6.04 Å². The van der Waals surface area contributed by atoms with E-state index in [2.05, 4.69) is 15.3 Å². The molecule has 0 bridgehead atoms. The topological polar surface area (TPSA) is 87.0 Å². The summed E-state index contributed by atoms with van der Waals surface area (Å²) >= 11 is 0. The summed E-state index contributed by atoms with van der Waals surface area (Å²) in [6, 6.07) is 5.91. The van der Waals surface area contributed by atoms with Crippen LogP contribution in [0.4, 0.5) is 0 Å². The lowest BCUT2D eigenvalue weighted by Crippen LogP contribution is -2.26. The Hall–Kier alpha value is -2.08. The minimum atomic E-state index is -0.255. The minimum Gasteiger partial charge on any atom is -0.460 e. The second-order valence-corrected chi connectivity index (χ2v) is 4.77. The van der Waals surface area contributed by atoms with Crippen molar-refractivity contribution in [1.29, 1.82) is 0 Å². The van der Waals surface area contributed by atoms with E-state index in [0.717, 1.165) is 29.4 Å². The Labute approximate surface area is 109 Å². The van der Waals surface area contributed by atoms with Gasteiger partial charge in [-0.1, -0.05) is 6.07 Å². The van der Waals surface area contributed by atoms with E-state index in [-0.39, 0.29) is 24.8 Å². The average molecular weight is 261 g/mol. The zero-order valence-electron chi connectivity index (χ0n) is 10.4. The molecule has 19 heavy (non-hydrogen) atoms. The number of esters is 1. The number of H-pyrrole nitrogens is 2. The van der Waals surface area contributed by atoms with E-state index in [0.29, 0.717) is 6.04 Å². The third-order valence-corrected chi connectivity index (χ3v) is 3.09. The number of ether oxygens (including phenoxy) is 1. The molecule has 1 aromatic carbocycles. The van der Waals surface area contributed by atoms with Crippen molar-refractivity contribution < 1.29 is 9.53 Å². The summed E-state index contributed by atoms with van der Waals surface area (Å²) in [7, 11) is 0. The Morgan fingerprint density at radius 3 is 2.89 bits per heavy atom. The molecule has 1 aromatic heterocycles. The largest absolute Gasteiger partial charge is 0.460 e. The van der Waals surface area contributed by atoms with Gasteiger partial charge >= 0.3 is 11.7 Å². The van der Waals surface area contributed by atoms with Gasteiger partial charge in [-0.3, -0.25) is 4.79 Å². The van der Waals surface area contributed by atoms with Crippen molar-refractivity contribution in [2.24, 2.45) is 0 Å². The van der Waals surface area contributed by atoms with Gasteiger partial charge < -0.3 is 20.0 Å². The Bertz CT molecular complexity index is 654. The molecular formula is C13H15N3O3. The molecule has 3 rings (SSSR count). The summed E-state index contributed by atoms with van der Waals surface area (Å²) in [5.41, 5.74) is 2.07. The van der Waals surface area contributed by atoms with Gasteiger partial charge in [-0.25, -0.2) is 4.79 Å². The first-order valence-corrected chi connectivity index (χ1v) is 6.30. The lowest BCUT2D eigenvalue weighted by Gasteiger charge is -2.05. The van der Waals surface area contributed by atoms with Gasteiger partial charge in [0.15, 0.2) is 0 Å². The second-order valence-electron chi connectivity index (χ2n) is 4.77. The Morgan fingerprint density at radius 2 is 2.11 bits per heavy atom. The highest BCUT2D eigenvalue weighted by molar-refractivity contribution is 5.75. The number of aromatic nitrogens is 2. The van der Waals surface area contributed by atoms with Crippen molar-refractivity contribution in [1.82, 2.24) is 15.3 Å². The van der Waals surface area contributed by atoms with E-state index in [4.69, 9.17) is 4.74 Å². The fourth-order valence-electron chi connectivity index (χ4n) is 1.90. The first kappa shape index (κ1) is 12.0. The molecule has 0 aliphatic heterocycles. The molecule has 0 amide bonds. The zero-order chi connectivity index (χ0) is 13.2. The maximum Gasteiger partial charge on any atom is 0.323 e. The van der Waals surface area contributed by atoms with E-state index < -0.39 is 0 Å². The predicted octanol–water partition coefficient (Wildman–Crippen LogP) is 0.651. The molecule has 6 nitrogen and oxygen atoms in total. The molecule has 0 spiro atoms. The normalized spacial score (nSPS) is 14.7. The van der Waals surface area contributed by atoms with Crippen molar-refractivity contribution in [3.63, 3.8) is 0 Å². The van der Waals surface area contributed by atoms with E-state index in [1.807, 2.05) is 6.07 Å². The van der Waals surface area contributed by atoms with Crippen molar-refractivity contribution in [2.45, 2.75) is 25.5 Å². The second kappa shape index (κ2) is 4.89. The van der Waals surface area contributed by atoms with Crippen LogP contribution < -0.4 is 11.0 Å². The minimum absolute atomic E-state index is 0.217. The van der Waals surface area contributed by atoms with Crippen LogP contribution in [0.3, 0.4) is 0 Å². The molecule has 0 saturated heterocycles. The number of aromatic amines is 2. The highest BCUT2D eigenvalue weighted by Gasteiger charge is 2.21. The van der Waals surface area contributed by atoms with Crippen LogP contribution in [0.15, 0.2) is 23.0 Å². The van der Waals surface area contributed by atoms with Crippen LogP contribution in [0.2, 0.25) is 0 Å². The smallest absolute Gasteiger partial charge is 0.323 e. The molecule has 100 valence electrons. The van der Waals surface area contributed by atoms with Crippen molar-refractivity contribution >= 4 is 17.0 Å². The van der Waals surface area contributed by atoms with Crippen LogP contribution in [0, 0.1) is 0 Å². The lowest BCUT2D eigenvalue weighted by atomic mass is 10.2. The molecule has 0 unspecified atom stereocenters. The number of hydrogen-bond donors (Lipinski definition) is 3. The third kappa shape index (κ3) is 3.03. The summed E-state index contributed by atoms with van der Waals surface area (Å²) in [6.07, 6.45) is 2.29. The van der Waals surface area contributed by atoms with Gasteiger partial charge in [-0.15, -0.1) is 0 Å². The highest BCUT2D eigenvalue weighted by atomic mass is 16.5. The molecule has 2 aromatic rings. The summed E-state index contributed by atoms with van der Waals surface area (Å²) in [6.45, 7) is 0.474. The standard InChI is InChI=1S/C13H15N3O3/c17-12(6-14-9-2-3-9)19-7-8-1-4-10-11(5-8)16-13(18)15-10/h1,4-5,9,14H,2-3,6-7H2,(H2,15,16,18). The van der Waals surface area contributed by atoms with Crippen LogP contribution in [0.5, 0.6) is 0 Å². The monoisotopic (exact) mass is 261 g/mol. The summed E-state index contributed by atoms with van der Waals surface area (Å²) in [5, 5.41) is 3.10. The molecule has 6 heteroatoms. The van der Waals surface area contributed by atoms with Crippen LogP contribution in [-0.4, -0.2) is 28.5 Å². The predicted molar refractivity (Wildman–Crippen MR) is 69.7 cm³/mol. The highest BCUT2D eigenvalue weighted by Crippen LogP contribution is 2.18. The van der Waals surface area contributed by atoms with Gasteiger partial charge in [0.1, 0.15) is 6.61 Å². The molecule has 0 atom stereocenters. The van der Waals surface area contributed by atoms with Crippen molar-refractivity contribution in [3.8, 4) is 0 Å². The molecule has 1 heterocycles. The summed E-state index contributed by atoms with van der Waals surface area (Å²) in [5.74, 6) is -0.255. The summed E-state index contributed by atoms with van der Waals surface area (Å²) < 4.78 is 5.16. The molecular weight excluding hydrogens is 246 g/mol. The maximum absolute atomic E-state index is 11.5. The van der Waals surface area contributed by atoms with Crippen molar-refractivity contribution in [2.75, 3.05) is 6.54 Å². The Balaban J connectivity index is 1.57. The number of carbonyl (C=O) groups is 1. The van der Waals surface area contributed by atoms with E-state index in [1.54, 1.807) is 12.1 Å². The molecule has 0 radical (unpaired) electrons. The van der Waals surface area contributed by atoms with Gasteiger partial charge in [0.2, 0.25) is 0 Å². The summed E-state index contributed by atoms with van der Waals surface area (Å²) in [4.78, 5) is 27.9. The van der Waals surface area contributed by atoms with Crippen LogP contribution in [0.1, 0.15) is 18.4 Å². The van der Waals surface area contributed by atoms with Gasteiger partial charge in [-0.05, 0) is 30.5 Å². The van der Waals surface area contributed by atoms with Crippen molar-refractivity contribution in [3.05, 3.63) is 34.2 Å². The molecule has 1 aliphatic rings. The molecule has 1 fully saturated rings. The van der Waals surface area contributed by atoms with E-state index >= 15 is 0 Å². The maximum atomic E-state index is 11.5. The fourth-order valence-corrected chi connectivity index (χ4v) is 1.90.